The lowest BCUT2D eigenvalue weighted by atomic mass is 9.95. The fourth-order valence-corrected chi connectivity index (χ4v) is 8.19. The zero-order valence-electron chi connectivity index (χ0n) is 32.6. The molecule has 57 heavy (non-hydrogen) atoms. The number of fused-ring (bicyclic) bond motifs is 3. The van der Waals surface area contributed by atoms with Crippen molar-refractivity contribution in [2.24, 2.45) is 5.92 Å². The minimum Gasteiger partial charge on any atom is -0.461 e. The molecule has 15 nitrogen and oxygen atoms in total. The van der Waals surface area contributed by atoms with Gasteiger partial charge in [-0.15, -0.1) is 0 Å². The standard InChI is InChI=1S/C42H53N7O8/c1-27-23-35-41(55)57-26-32(45-36(50)31(24-30-15-7-4-8-16-30)46-42(56)43-20-19-29-13-5-3-6-14-29)39(53)48-22-12-10-18-34(48)40(54)47-21-11-9-17-33(47)37(51)44-28(2)38(52)49(35)25-27/h3-8,13-16,19-20,27-28,31-35H,9-12,17-18,21-26H2,1-2H3,(H,44,51)(H,45,50)(H2,43,46,56)/b20-19+/t27-,28+,31+,32+,33+,34+,35+/m1/s1. The van der Waals surface area contributed by atoms with Gasteiger partial charge in [0.25, 0.3) is 0 Å². The number of cyclic esters (lactones) is 1. The van der Waals surface area contributed by atoms with Crippen molar-refractivity contribution in [3.05, 3.63) is 78.0 Å². The Kier molecular flexibility index (Phi) is 13.6. The normalized spacial score (nSPS) is 26.8. The Bertz CT molecular complexity index is 1820. The number of urea groups is 1. The lowest BCUT2D eigenvalue weighted by Gasteiger charge is -2.42. The zero-order chi connectivity index (χ0) is 40.5. The van der Waals surface area contributed by atoms with Gasteiger partial charge in [-0.05, 0) is 75.0 Å². The highest BCUT2D eigenvalue weighted by Gasteiger charge is 2.45. The Labute approximate surface area is 332 Å². The summed E-state index contributed by atoms with van der Waals surface area (Å²) < 4.78 is 5.77. The molecule has 4 saturated heterocycles. The number of piperidine rings is 2. The van der Waals surface area contributed by atoms with Crippen LogP contribution >= 0.6 is 0 Å². The first kappa shape index (κ1) is 40.9. The van der Waals surface area contributed by atoms with Gasteiger partial charge >= 0.3 is 12.0 Å². The number of ether oxygens (including phenoxy) is 1. The smallest absolute Gasteiger partial charge is 0.328 e. The number of nitrogens with one attached hydrogen (secondary N) is 4. The molecule has 304 valence electrons. The van der Waals surface area contributed by atoms with Crippen LogP contribution in [0.4, 0.5) is 4.79 Å². The molecule has 2 aromatic carbocycles. The number of carbonyl (C=O) groups excluding carboxylic acids is 7. The molecule has 7 atom stereocenters. The van der Waals surface area contributed by atoms with E-state index in [1.165, 1.54) is 20.9 Å². The molecular weight excluding hydrogens is 731 g/mol. The topological polar surface area (TPSA) is 187 Å². The first-order chi connectivity index (χ1) is 27.5. The van der Waals surface area contributed by atoms with Gasteiger partial charge in [0, 0.05) is 32.3 Å². The van der Waals surface area contributed by atoms with Gasteiger partial charge in [0.2, 0.25) is 29.5 Å². The van der Waals surface area contributed by atoms with Crippen LogP contribution in [0.15, 0.2) is 66.9 Å². The SMILES string of the molecule is C[C@@H]1C[C@H]2C(=O)OC[C@H](NC(=O)[C@H](Cc3ccccc3)NC(=O)N/C=C/c3ccccc3)C(=O)N3CCCC[C@H]3C(=O)N3CCCC[C@H]3C(=O)N[C@@H](C)C(=O)N2C1. The molecule has 0 unspecified atom stereocenters. The number of esters is 1. The number of hydrogen-bond acceptors (Lipinski definition) is 8. The number of amides is 7. The van der Waals surface area contributed by atoms with Gasteiger partial charge in [0.15, 0.2) is 0 Å². The quantitative estimate of drug-likeness (QED) is 0.308. The van der Waals surface area contributed by atoms with Crippen molar-refractivity contribution < 1.29 is 38.3 Å². The van der Waals surface area contributed by atoms with Crippen LogP contribution < -0.4 is 21.3 Å². The summed E-state index contributed by atoms with van der Waals surface area (Å²) in [5, 5.41) is 10.9. The summed E-state index contributed by atoms with van der Waals surface area (Å²) in [6.45, 7) is 3.68. The summed E-state index contributed by atoms with van der Waals surface area (Å²) in [6, 6.07) is 11.4. The second kappa shape index (κ2) is 18.9. The molecule has 0 spiro atoms. The number of rotatable bonds is 7. The monoisotopic (exact) mass is 783 g/mol. The first-order valence-corrected chi connectivity index (χ1v) is 20.0. The predicted molar refractivity (Wildman–Crippen MR) is 210 cm³/mol. The maximum atomic E-state index is 14.6. The van der Waals surface area contributed by atoms with Gasteiger partial charge in [-0.2, -0.15) is 0 Å². The van der Waals surface area contributed by atoms with Gasteiger partial charge in [-0.25, -0.2) is 9.59 Å². The van der Waals surface area contributed by atoms with E-state index < -0.39 is 78.5 Å². The van der Waals surface area contributed by atoms with E-state index in [4.69, 9.17) is 4.74 Å². The average molecular weight is 784 g/mol. The van der Waals surface area contributed by atoms with Crippen molar-refractivity contribution in [1.82, 2.24) is 36.0 Å². The molecule has 2 aromatic rings. The van der Waals surface area contributed by atoms with Gasteiger partial charge in [0.1, 0.15) is 42.9 Å². The molecule has 0 aliphatic carbocycles. The van der Waals surface area contributed by atoms with Crippen LogP contribution in [-0.4, -0.2) is 119 Å². The van der Waals surface area contributed by atoms with Crippen molar-refractivity contribution in [3.63, 3.8) is 0 Å². The molecule has 15 heteroatoms. The predicted octanol–water partition coefficient (Wildman–Crippen LogP) is 2.11. The Morgan fingerprint density at radius 1 is 0.807 bits per heavy atom. The molecule has 0 saturated carbocycles. The van der Waals surface area contributed by atoms with Crippen LogP contribution in [0.25, 0.3) is 6.08 Å². The molecule has 4 aliphatic heterocycles. The number of nitrogens with zero attached hydrogens (tertiary/aromatic N) is 3. The van der Waals surface area contributed by atoms with Gasteiger partial charge in [-0.3, -0.25) is 24.0 Å². The minimum atomic E-state index is -1.44. The lowest BCUT2D eigenvalue weighted by molar-refractivity contribution is -0.160. The third-order valence-corrected chi connectivity index (χ3v) is 11.2. The van der Waals surface area contributed by atoms with Gasteiger partial charge < -0.3 is 40.7 Å². The van der Waals surface area contributed by atoms with E-state index in [1.54, 1.807) is 25.1 Å². The Hall–Kier alpha value is -5.73. The van der Waals surface area contributed by atoms with Crippen LogP contribution in [0.1, 0.15) is 69.9 Å². The van der Waals surface area contributed by atoms with E-state index in [9.17, 15) is 33.6 Å². The van der Waals surface area contributed by atoms with Crippen LogP contribution in [0.2, 0.25) is 0 Å². The largest absolute Gasteiger partial charge is 0.461 e. The summed E-state index contributed by atoms with van der Waals surface area (Å²) >= 11 is 0. The molecule has 4 fully saturated rings. The maximum Gasteiger partial charge on any atom is 0.328 e. The molecule has 4 N–H and O–H groups in total. The Morgan fingerprint density at radius 2 is 1.46 bits per heavy atom. The van der Waals surface area contributed by atoms with Crippen molar-refractivity contribution >= 4 is 47.6 Å². The van der Waals surface area contributed by atoms with E-state index in [0.717, 1.165) is 11.1 Å². The Morgan fingerprint density at radius 3 is 2.16 bits per heavy atom. The van der Waals surface area contributed by atoms with Crippen LogP contribution in [-0.2, 0) is 39.9 Å². The molecule has 0 aromatic heterocycles. The van der Waals surface area contributed by atoms with Gasteiger partial charge in [-0.1, -0.05) is 67.6 Å². The first-order valence-electron chi connectivity index (χ1n) is 20.0. The summed E-state index contributed by atoms with van der Waals surface area (Å²) in [7, 11) is 0. The lowest BCUT2D eigenvalue weighted by Crippen LogP contribution is -2.63. The minimum absolute atomic E-state index is 0.0484. The highest BCUT2D eigenvalue weighted by atomic mass is 16.5. The molecular formula is C42H53N7O8. The number of hydrogen-bond donors (Lipinski definition) is 4. The van der Waals surface area contributed by atoms with E-state index in [0.29, 0.717) is 51.5 Å². The summed E-state index contributed by atoms with van der Waals surface area (Å²) in [6.07, 6.45) is 6.93. The van der Waals surface area contributed by atoms with E-state index >= 15 is 0 Å². The van der Waals surface area contributed by atoms with Crippen molar-refractivity contribution in [1.29, 1.82) is 0 Å². The molecule has 4 heterocycles. The highest BCUT2D eigenvalue weighted by Crippen LogP contribution is 2.28. The van der Waals surface area contributed by atoms with Crippen molar-refractivity contribution in [3.8, 4) is 0 Å². The number of benzene rings is 2. The number of carbonyl (C=O) groups is 7. The summed E-state index contributed by atoms with van der Waals surface area (Å²) in [5.41, 5.74) is 1.59. The zero-order valence-corrected chi connectivity index (χ0v) is 32.6. The van der Waals surface area contributed by atoms with Crippen molar-refractivity contribution in [2.45, 2.75) is 101 Å². The van der Waals surface area contributed by atoms with Crippen LogP contribution in [0.3, 0.4) is 0 Å². The maximum absolute atomic E-state index is 14.6. The third kappa shape index (κ3) is 10.2. The Balaban J connectivity index is 1.29. The molecule has 7 amide bonds. The van der Waals surface area contributed by atoms with Crippen molar-refractivity contribution in [2.75, 3.05) is 26.2 Å². The second-order valence-electron chi connectivity index (χ2n) is 15.5. The molecule has 4 aliphatic rings. The average Bonchev–Trinajstić information content (AvgIpc) is 3.62. The second-order valence-corrected chi connectivity index (χ2v) is 15.5. The summed E-state index contributed by atoms with van der Waals surface area (Å²) in [4.78, 5) is 102. The van der Waals surface area contributed by atoms with Crippen LogP contribution in [0, 0.1) is 5.92 Å². The van der Waals surface area contributed by atoms with E-state index in [2.05, 4.69) is 21.3 Å². The molecule has 0 radical (unpaired) electrons. The third-order valence-electron chi connectivity index (χ3n) is 11.2. The van der Waals surface area contributed by atoms with Gasteiger partial charge in [0.05, 0.1) is 0 Å². The summed E-state index contributed by atoms with van der Waals surface area (Å²) in [5.74, 6) is -3.44. The highest BCUT2D eigenvalue weighted by molar-refractivity contribution is 5.97. The fourth-order valence-electron chi connectivity index (χ4n) is 8.19. The fraction of sp³-hybridized carbons (Fsp3) is 0.500. The van der Waals surface area contributed by atoms with Crippen LogP contribution in [0.5, 0.6) is 0 Å². The molecule has 0 bridgehead atoms. The van der Waals surface area contributed by atoms with E-state index in [-0.39, 0.29) is 31.3 Å². The van der Waals surface area contributed by atoms with E-state index in [1.807, 2.05) is 55.5 Å². The molecule has 6 rings (SSSR count).